The second kappa shape index (κ2) is 3.90. The molecule has 2 amide bonds. The summed E-state index contributed by atoms with van der Waals surface area (Å²) in [6.45, 7) is 0. The molecule has 0 fully saturated rings. The van der Waals surface area contributed by atoms with E-state index in [0.717, 1.165) is 9.37 Å². The van der Waals surface area contributed by atoms with E-state index in [1.165, 1.54) is 12.2 Å². The molecule has 0 aliphatic carbocycles. The van der Waals surface area contributed by atoms with Crippen LogP contribution in [0.2, 0.25) is 0 Å². The van der Waals surface area contributed by atoms with E-state index in [9.17, 15) is 9.59 Å². The van der Waals surface area contributed by atoms with Crippen molar-refractivity contribution >= 4 is 49.4 Å². The number of halogens is 2. The van der Waals surface area contributed by atoms with Gasteiger partial charge in [-0.25, -0.2) is 4.90 Å². The Kier molecular flexibility index (Phi) is 2.75. The normalized spacial score (nSPS) is 15.2. The fourth-order valence-electron chi connectivity index (χ4n) is 1.30. The zero-order valence-corrected chi connectivity index (χ0v) is 10.6. The highest BCUT2D eigenvalue weighted by Crippen LogP contribution is 2.30. The maximum absolute atomic E-state index is 11.4. The second-order valence-corrected chi connectivity index (χ2v) is 4.71. The van der Waals surface area contributed by atoms with Crippen LogP contribution in [0.1, 0.15) is 0 Å². The number of benzene rings is 1. The summed E-state index contributed by atoms with van der Waals surface area (Å²) >= 11 is 6.61. The first-order valence-electron chi connectivity index (χ1n) is 4.11. The van der Waals surface area contributed by atoms with Gasteiger partial charge < -0.3 is 0 Å². The third-order valence-corrected chi connectivity index (χ3v) is 3.09. The summed E-state index contributed by atoms with van der Waals surface area (Å²) < 4.78 is 1.58. The predicted octanol–water partition coefficient (Wildman–Crippen LogP) is 2.64. The summed E-state index contributed by atoms with van der Waals surface area (Å²) in [4.78, 5) is 23.9. The standard InChI is InChI=1S/C10H5Br2NO2/c11-6-1-2-8(7(12)5-6)13-9(14)3-4-10(13)15/h1-5H. The Morgan fingerprint density at radius 3 is 2.13 bits per heavy atom. The minimum atomic E-state index is -0.317. The quantitative estimate of drug-likeness (QED) is 0.742. The molecule has 0 aromatic heterocycles. The van der Waals surface area contributed by atoms with E-state index in [1.807, 2.05) is 0 Å². The average molecular weight is 331 g/mol. The van der Waals surface area contributed by atoms with Crippen LogP contribution in [0.15, 0.2) is 39.3 Å². The van der Waals surface area contributed by atoms with Crippen molar-refractivity contribution in [3.8, 4) is 0 Å². The zero-order valence-electron chi connectivity index (χ0n) is 7.41. The molecule has 0 atom stereocenters. The SMILES string of the molecule is O=C1C=CC(=O)N1c1ccc(Br)cc1Br. The molecule has 1 aliphatic heterocycles. The van der Waals surface area contributed by atoms with Gasteiger partial charge in [-0.15, -0.1) is 0 Å². The Balaban J connectivity index is 2.46. The number of amides is 2. The van der Waals surface area contributed by atoms with Crippen LogP contribution in [0.4, 0.5) is 5.69 Å². The summed E-state index contributed by atoms with van der Waals surface area (Å²) in [6.07, 6.45) is 2.52. The van der Waals surface area contributed by atoms with Crippen molar-refractivity contribution in [3.05, 3.63) is 39.3 Å². The van der Waals surface area contributed by atoms with Crippen LogP contribution in [0.3, 0.4) is 0 Å². The Labute approximate surface area is 103 Å². The molecule has 1 heterocycles. The van der Waals surface area contributed by atoms with Gasteiger partial charge in [-0.3, -0.25) is 9.59 Å². The van der Waals surface area contributed by atoms with Gasteiger partial charge in [0.05, 0.1) is 5.69 Å². The summed E-state index contributed by atoms with van der Waals surface area (Å²) in [5.74, 6) is -0.633. The molecule has 0 radical (unpaired) electrons. The molecule has 1 aromatic rings. The summed E-state index contributed by atoms with van der Waals surface area (Å²) in [5, 5.41) is 0. The highest BCUT2D eigenvalue weighted by Gasteiger charge is 2.26. The van der Waals surface area contributed by atoms with Crippen LogP contribution in [-0.4, -0.2) is 11.8 Å². The third kappa shape index (κ3) is 1.89. The number of hydrogen-bond donors (Lipinski definition) is 0. The molecule has 0 spiro atoms. The molecule has 1 aliphatic rings. The highest BCUT2D eigenvalue weighted by molar-refractivity contribution is 9.11. The fraction of sp³-hybridized carbons (Fsp3) is 0. The largest absolute Gasteiger partial charge is 0.269 e. The van der Waals surface area contributed by atoms with Gasteiger partial charge in [0.1, 0.15) is 0 Å². The molecular formula is C10H5Br2NO2. The van der Waals surface area contributed by atoms with Crippen molar-refractivity contribution in [2.75, 3.05) is 4.90 Å². The van der Waals surface area contributed by atoms with E-state index in [4.69, 9.17) is 0 Å². The topological polar surface area (TPSA) is 37.4 Å². The first-order chi connectivity index (χ1) is 7.09. The minimum absolute atomic E-state index is 0.317. The molecule has 0 N–H and O–H groups in total. The van der Waals surface area contributed by atoms with Crippen LogP contribution >= 0.6 is 31.9 Å². The summed E-state index contributed by atoms with van der Waals surface area (Å²) in [5.41, 5.74) is 0.554. The van der Waals surface area contributed by atoms with Crippen molar-refractivity contribution in [3.63, 3.8) is 0 Å². The maximum atomic E-state index is 11.4. The molecule has 3 nitrogen and oxygen atoms in total. The highest BCUT2D eigenvalue weighted by atomic mass is 79.9. The van der Waals surface area contributed by atoms with Crippen LogP contribution in [-0.2, 0) is 9.59 Å². The van der Waals surface area contributed by atoms with Crippen molar-refractivity contribution in [1.29, 1.82) is 0 Å². The molecule has 0 saturated heterocycles. The smallest absolute Gasteiger partial charge is 0.258 e. The first-order valence-corrected chi connectivity index (χ1v) is 5.69. The fourth-order valence-corrected chi connectivity index (χ4v) is 2.52. The van der Waals surface area contributed by atoms with Crippen LogP contribution in [0.25, 0.3) is 0 Å². The van der Waals surface area contributed by atoms with E-state index in [-0.39, 0.29) is 11.8 Å². The van der Waals surface area contributed by atoms with E-state index >= 15 is 0 Å². The minimum Gasteiger partial charge on any atom is -0.269 e. The Hall–Kier alpha value is -0.940. The van der Waals surface area contributed by atoms with E-state index in [0.29, 0.717) is 10.2 Å². The molecule has 76 valence electrons. The lowest BCUT2D eigenvalue weighted by atomic mass is 10.3. The van der Waals surface area contributed by atoms with Crippen molar-refractivity contribution < 1.29 is 9.59 Å². The summed E-state index contributed by atoms with van der Waals surface area (Å²) in [7, 11) is 0. The van der Waals surface area contributed by atoms with E-state index in [1.54, 1.807) is 18.2 Å². The first kappa shape index (κ1) is 10.6. The van der Waals surface area contributed by atoms with Gasteiger partial charge in [0.2, 0.25) is 0 Å². The predicted molar refractivity (Wildman–Crippen MR) is 63.5 cm³/mol. The summed E-state index contributed by atoms with van der Waals surface area (Å²) in [6, 6.07) is 5.27. The van der Waals surface area contributed by atoms with Crippen LogP contribution in [0, 0.1) is 0 Å². The lowest BCUT2D eigenvalue weighted by Crippen LogP contribution is -2.29. The number of imide groups is 1. The maximum Gasteiger partial charge on any atom is 0.258 e. The second-order valence-electron chi connectivity index (χ2n) is 2.94. The van der Waals surface area contributed by atoms with Crippen molar-refractivity contribution in [1.82, 2.24) is 0 Å². The average Bonchev–Trinajstić information content (AvgIpc) is 2.48. The van der Waals surface area contributed by atoms with Gasteiger partial charge in [0.25, 0.3) is 11.8 Å². The number of carbonyl (C=O) groups excluding carboxylic acids is 2. The number of nitrogens with zero attached hydrogens (tertiary/aromatic N) is 1. The molecule has 2 rings (SSSR count). The number of carbonyl (C=O) groups is 2. The third-order valence-electron chi connectivity index (χ3n) is 1.96. The Morgan fingerprint density at radius 2 is 1.60 bits per heavy atom. The zero-order chi connectivity index (χ0) is 11.0. The number of rotatable bonds is 1. The van der Waals surface area contributed by atoms with Gasteiger partial charge in [-0.1, -0.05) is 15.9 Å². The van der Waals surface area contributed by atoms with E-state index in [2.05, 4.69) is 31.9 Å². The number of hydrogen-bond acceptors (Lipinski definition) is 2. The lowest BCUT2D eigenvalue weighted by molar-refractivity contribution is -0.119. The Bertz CT molecular complexity index is 464. The molecule has 5 heteroatoms. The molecular weight excluding hydrogens is 326 g/mol. The van der Waals surface area contributed by atoms with Crippen molar-refractivity contribution in [2.24, 2.45) is 0 Å². The van der Waals surface area contributed by atoms with Gasteiger partial charge in [-0.2, -0.15) is 0 Å². The Morgan fingerprint density at radius 1 is 1.00 bits per heavy atom. The molecule has 0 saturated carbocycles. The molecule has 0 bridgehead atoms. The van der Waals surface area contributed by atoms with Gasteiger partial charge in [0.15, 0.2) is 0 Å². The monoisotopic (exact) mass is 329 g/mol. The molecule has 1 aromatic carbocycles. The van der Waals surface area contributed by atoms with E-state index < -0.39 is 0 Å². The van der Waals surface area contributed by atoms with Crippen molar-refractivity contribution in [2.45, 2.75) is 0 Å². The van der Waals surface area contributed by atoms with Crippen LogP contribution < -0.4 is 4.90 Å². The van der Waals surface area contributed by atoms with Gasteiger partial charge in [-0.05, 0) is 34.1 Å². The number of anilines is 1. The van der Waals surface area contributed by atoms with Gasteiger partial charge >= 0.3 is 0 Å². The van der Waals surface area contributed by atoms with Gasteiger partial charge in [0, 0.05) is 21.1 Å². The lowest BCUT2D eigenvalue weighted by Gasteiger charge is -2.15. The molecule has 0 unspecified atom stereocenters. The molecule has 15 heavy (non-hydrogen) atoms. The van der Waals surface area contributed by atoms with Crippen LogP contribution in [0.5, 0.6) is 0 Å².